The van der Waals surface area contributed by atoms with E-state index in [1.165, 1.54) is 17.3 Å². The summed E-state index contributed by atoms with van der Waals surface area (Å²) in [7, 11) is 0. The first-order valence-corrected chi connectivity index (χ1v) is 4.42. The van der Waals surface area contributed by atoms with Crippen LogP contribution in [0.4, 0.5) is 0 Å². The highest BCUT2D eigenvalue weighted by Crippen LogP contribution is 2.69. The second-order valence-electron chi connectivity index (χ2n) is 3.02. The largest absolute Gasteiger partial charge is 0.479 e. The Bertz CT molecular complexity index is 322. The van der Waals surface area contributed by atoms with Crippen molar-refractivity contribution in [3.05, 3.63) is 11.6 Å². The molecule has 3 aliphatic rings. The second kappa shape index (κ2) is 1.39. The third-order valence-electron chi connectivity index (χ3n) is 2.51. The fourth-order valence-electron chi connectivity index (χ4n) is 1.77. The molecule has 0 aromatic heterocycles. The first-order chi connectivity index (χ1) is 5.27. The van der Waals surface area contributed by atoms with Crippen LogP contribution in [0.15, 0.2) is 16.6 Å². The monoisotopic (exact) mass is 168 g/mol. The van der Waals surface area contributed by atoms with E-state index in [1.54, 1.807) is 6.21 Å². The summed E-state index contributed by atoms with van der Waals surface area (Å²) >= 11 is 1.27. The number of carboxylic acids is 1. The van der Waals surface area contributed by atoms with E-state index in [1.807, 2.05) is 6.08 Å². The van der Waals surface area contributed by atoms with E-state index in [9.17, 15) is 4.79 Å². The molecule has 2 fully saturated rings. The van der Waals surface area contributed by atoms with Crippen LogP contribution in [0.3, 0.4) is 0 Å². The van der Waals surface area contributed by atoms with Crippen LogP contribution >= 0.6 is 0 Å². The molecule has 1 spiro atoms. The summed E-state index contributed by atoms with van der Waals surface area (Å²) in [6, 6.07) is -0.478. The van der Waals surface area contributed by atoms with E-state index in [-0.39, 0.29) is 4.75 Å². The third kappa shape index (κ3) is 0.464. The van der Waals surface area contributed by atoms with Crippen molar-refractivity contribution in [3.8, 4) is 0 Å². The van der Waals surface area contributed by atoms with Gasteiger partial charge in [0.25, 0.3) is 0 Å². The molecule has 1 aliphatic carbocycles. The smallest absolute Gasteiger partial charge is 0.334 e. The Kier molecular flexibility index (Phi) is 0.735. The normalized spacial score (nSPS) is 48.9. The van der Waals surface area contributed by atoms with Crippen LogP contribution in [0, 0.1) is 0 Å². The quantitative estimate of drug-likeness (QED) is 0.323. The molecule has 2 heterocycles. The van der Waals surface area contributed by atoms with Gasteiger partial charge in [0.1, 0.15) is 0 Å². The van der Waals surface area contributed by atoms with Crippen LogP contribution in [0.5, 0.6) is 0 Å². The molecule has 11 heavy (non-hydrogen) atoms. The highest BCUT2D eigenvalue weighted by molar-refractivity contribution is 7.92. The van der Waals surface area contributed by atoms with E-state index < -0.39 is 12.0 Å². The number of nitrogens with zero attached hydrogens (tertiary/aromatic N) is 1. The molecule has 4 heteroatoms. The van der Waals surface area contributed by atoms with Gasteiger partial charge in [-0.25, -0.2) is 4.79 Å². The number of dihydropyridines is 1. The van der Waals surface area contributed by atoms with Gasteiger partial charge in [-0.3, -0.25) is 4.99 Å². The molecule has 3 rings (SSSR count). The number of aliphatic imine (C=N–C) groups is 1. The maximum absolute atomic E-state index is 10.7. The van der Waals surface area contributed by atoms with Gasteiger partial charge < -0.3 is 5.11 Å². The zero-order chi connectivity index (χ0) is 7.64. The molecular weight excluding hydrogens is 162 g/mol. The zero-order valence-corrected chi connectivity index (χ0v) is 6.45. The SMILES string of the molecule is O=C(O)C1N=CC=C2C3[SH+][C@@]213. The zero-order valence-electron chi connectivity index (χ0n) is 5.56. The fraction of sp³-hybridized carbons (Fsp3) is 0.429. The third-order valence-corrected chi connectivity index (χ3v) is 4.36. The van der Waals surface area contributed by atoms with E-state index in [0.717, 1.165) is 0 Å². The van der Waals surface area contributed by atoms with E-state index >= 15 is 0 Å². The van der Waals surface area contributed by atoms with Gasteiger partial charge in [-0.05, 0) is 6.08 Å². The first-order valence-electron chi connectivity index (χ1n) is 3.45. The maximum Gasteiger partial charge on any atom is 0.334 e. The highest BCUT2D eigenvalue weighted by atomic mass is 32.2. The topological polar surface area (TPSA) is 49.7 Å². The summed E-state index contributed by atoms with van der Waals surface area (Å²) in [5.41, 5.74) is 1.31. The van der Waals surface area contributed by atoms with Crippen molar-refractivity contribution in [3.63, 3.8) is 0 Å². The fourth-order valence-corrected chi connectivity index (χ4v) is 3.32. The molecule has 0 amide bonds. The van der Waals surface area contributed by atoms with Crippen LogP contribution in [-0.2, 0) is 16.6 Å². The summed E-state index contributed by atoms with van der Waals surface area (Å²) in [5, 5.41) is 9.33. The minimum atomic E-state index is -0.778. The van der Waals surface area contributed by atoms with Crippen LogP contribution < -0.4 is 0 Å². The average molecular weight is 168 g/mol. The minimum Gasteiger partial charge on any atom is -0.479 e. The minimum absolute atomic E-state index is 0.0133. The summed E-state index contributed by atoms with van der Waals surface area (Å²) in [6.07, 6.45) is 3.58. The number of allylic oxidation sites excluding steroid dienone is 1. The molecule has 2 unspecified atom stereocenters. The van der Waals surface area contributed by atoms with Crippen LogP contribution in [0.2, 0.25) is 0 Å². The van der Waals surface area contributed by atoms with Gasteiger partial charge in [-0.15, -0.1) is 0 Å². The van der Waals surface area contributed by atoms with Crippen LogP contribution in [-0.4, -0.2) is 33.3 Å². The average Bonchev–Trinajstić information content (AvgIpc) is 2.73. The van der Waals surface area contributed by atoms with Crippen molar-refractivity contribution in [2.75, 3.05) is 0 Å². The van der Waals surface area contributed by atoms with Gasteiger partial charge >= 0.3 is 5.97 Å². The predicted octanol–water partition coefficient (Wildman–Crippen LogP) is -0.600. The van der Waals surface area contributed by atoms with Crippen molar-refractivity contribution in [2.24, 2.45) is 4.99 Å². The molecule has 0 bridgehead atoms. The number of thiol groups is 1. The molecule has 1 saturated carbocycles. The predicted molar refractivity (Wildman–Crippen MR) is 43.3 cm³/mol. The number of fused-ring (bicyclic) bond motifs is 1. The summed E-state index contributed by atoms with van der Waals surface area (Å²) in [5.74, 6) is -0.778. The number of hydrogen-bond acceptors (Lipinski definition) is 2. The Morgan fingerprint density at radius 2 is 2.64 bits per heavy atom. The van der Waals surface area contributed by atoms with Crippen LogP contribution in [0.25, 0.3) is 0 Å². The van der Waals surface area contributed by atoms with Crippen molar-refractivity contribution in [2.45, 2.75) is 16.0 Å². The van der Waals surface area contributed by atoms with Crippen LogP contribution in [0.1, 0.15) is 0 Å². The van der Waals surface area contributed by atoms with E-state index in [0.29, 0.717) is 5.25 Å². The lowest BCUT2D eigenvalue weighted by Crippen LogP contribution is -2.31. The van der Waals surface area contributed by atoms with E-state index in [4.69, 9.17) is 5.11 Å². The van der Waals surface area contributed by atoms with Gasteiger partial charge in [-0.1, -0.05) is 0 Å². The second-order valence-corrected chi connectivity index (χ2v) is 4.53. The molecule has 2 aliphatic heterocycles. The maximum atomic E-state index is 10.7. The van der Waals surface area contributed by atoms with Gasteiger partial charge in [0.2, 0.25) is 16.0 Å². The molecule has 1 saturated heterocycles. The number of carbonyl (C=O) groups is 1. The Morgan fingerprint density at radius 1 is 1.82 bits per heavy atom. The molecule has 0 aromatic carbocycles. The Morgan fingerprint density at radius 3 is 3.18 bits per heavy atom. The standard InChI is InChI=1S/C7H5NO2S/c9-6(10)4-7-3(1-2-8-4)5(7)11-7/h1-2,4-5H,(H,9,10)/p+1/t4?,5?,7-/m0/s1. The van der Waals surface area contributed by atoms with Crippen molar-refractivity contribution >= 4 is 23.9 Å². The van der Waals surface area contributed by atoms with Crippen molar-refractivity contribution in [1.82, 2.24) is 0 Å². The number of carboxylic acid groups (broad SMARTS) is 1. The molecule has 0 radical (unpaired) electrons. The Balaban J connectivity index is 2.03. The number of hydrogen-bond donors (Lipinski definition) is 1. The lowest BCUT2D eigenvalue weighted by molar-refractivity contribution is -0.138. The molecule has 0 aromatic rings. The summed E-state index contributed by atoms with van der Waals surface area (Å²) in [4.78, 5) is 14.6. The molecular formula is C7H6NO2S+. The molecule has 3 atom stereocenters. The molecule has 56 valence electrons. The van der Waals surface area contributed by atoms with Crippen molar-refractivity contribution < 1.29 is 9.90 Å². The summed E-state index contributed by atoms with van der Waals surface area (Å²) < 4.78 is -0.0133. The summed E-state index contributed by atoms with van der Waals surface area (Å²) in [6.45, 7) is 0. The highest BCUT2D eigenvalue weighted by Gasteiger charge is 2.94. The molecule has 3 nitrogen and oxygen atoms in total. The Labute approximate surface area is 67.2 Å². The van der Waals surface area contributed by atoms with Crippen molar-refractivity contribution in [1.29, 1.82) is 0 Å². The molecule has 1 N–H and O–H groups in total. The van der Waals surface area contributed by atoms with Gasteiger partial charge in [0.15, 0.2) is 0 Å². The number of aliphatic carboxylic acids is 1. The number of rotatable bonds is 1. The van der Waals surface area contributed by atoms with Gasteiger partial charge in [-0.2, -0.15) is 0 Å². The van der Waals surface area contributed by atoms with E-state index in [2.05, 4.69) is 4.99 Å². The Hall–Kier alpha value is -0.770. The lowest BCUT2D eigenvalue weighted by atomic mass is 10.1. The first kappa shape index (κ1) is 5.83. The van der Waals surface area contributed by atoms with Gasteiger partial charge in [0.05, 0.1) is 5.57 Å². The lowest BCUT2D eigenvalue weighted by Gasteiger charge is -2.06. The van der Waals surface area contributed by atoms with Gasteiger partial charge in [0, 0.05) is 18.0 Å².